The van der Waals surface area contributed by atoms with Gasteiger partial charge in [0.25, 0.3) is 0 Å². The Morgan fingerprint density at radius 1 is 1.18 bits per heavy atom. The van der Waals surface area contributed by atoms with Crippen LogP contribution < -0.4 is 16.4 Å². The molecule has 0 saturated heterocycles. The highest BCUT2D eigenvalue weighted by molar-refractivity contribution is 6.29. The van der Waals surface area contributed by atoms with Gasteiger partial charge in [-0.1, -0.05) is 80.5 Å². The molecule has 10 heteroatoms. The van der Waals surface area contributed by atoms with Gasteiger partial charge >= 0.3 is 12.1 Å². The number of cyclic esters (lactones) is 1. The van der Waals surface area contributed by atoms with Crippen LogP contribution in [0.2, 0.25) is 0 Å². The lowest BCUT2D eigenvalue weighted by molar-refractivity contribution is -0.147. The fourth-order valence-electron chi connectivity index (χ4n) is 3.74. The van der Waals surface area contributed by atoms with Crippen LogP contribution in [0.4, 0.5) is 4.79 Å². The number of hydrogen-bond donors (Lipinski definition) is 3. The van der Waals surface area contributed by atoms with Crippen molar-refractivity contribution in [1.29, 1.82) is 0 Å². The van der Waals surface area contributed by atoms with Gasteiger partial charge in [0.1, 0.15) is 18.2 Å². The molecule has 220 valence electrons. The van der Waals surface area contributed by atoms with E-state index in [1.165, 1.54) is 12.3 Å². The molecule has 1 rings (SSSR count). The zero-order chi connectivity index (χ0) is 30.2. The van der Waals surface area contributed by atoms with E-state index in [0.29, 0.717) is 29.9 Å². The summed E-state index contributed by atoms with van der Waals surface area (Å²) in [5, 5.41) is 5.92. The average molecular weight is 576 g/mol. The van der Waals surface area contributed by atoms with Gasteiger partial charge in [0, 0.05) is 41.9 Å². The highest BCUT2D eigenvalue weighted by Gasteiger charge is 2.24. The lowest BCUT2D eigenvalue weighted by Gasteiger charge is -2.25. The van der Waals surface area contributed by atoms with E-state index in [1.54, 1.807) is 38.2 Å². The maximum Gasteiger partial charge on any atom is 0.404 e. The summed E-state index contributed by atoms with van der Waals surface area (Å²) in [5.41, 5.74) is 6.70. The molecular weight excluding hydrogens is 534 g/mol. The number of allylic oxidation sites excluding steroid dienone is 5. The summed E-state index contributed by atoms with van der Waals surface area (Å²) in [5.74, 6) is -1.20. The van der Waals surface area contributed by atoms with E-state index in [9.17, 15) is 19.2 Å². The Balaban J connectivity index is 2.62. The van der Waals surface area contributed by atoms with Gasteiger partial charge in [-0.15, -0.1) is 0 Å². The Morgan fingerprint density at radius 3 is 2.45 bits per heavy atom. The van der Waals surface area contributed by atoms with Gasteiger partial charge in [-0.3, -0.25) is 9.59 Å². The second kappa shape index (κ2) is 17.9. The number of hydrogen-bond acceptors (Lipinski definition) is 6. The molecule has 0 saturated carbocycles. The maximum atomic E-state index is 12.7. The summed E-state index contributed by atoms with van der Waals surface area (Å²) in [7, 11) is 0. The van der Waals surface area contributed by atoms with Crippen LogP contribution in [0.1, 0.15) is 60.8 Å². The van der Waals surface area contributed by atoms with Crippen LogP contribution in [0.3, 0.4) is 0 Å². The molecule has 0 aromatic carbocycles. The number of nitrogens with one attached hydrogen (secondary N) is 2. The fraction of sp³-hybridized carbons (Fsp3) is 0.467. The molecule has 0 radical (unpaired) electrons. The minimum Gasteiger partial charge on any atom is -0.458 e. The monoisotopic (exact) mass is 575 g/mol. The van der Waals surface area contributed by atoms with Crippen LogP contribution in [0, 0.1) is 11.8 Å². The lowest BCUT2D eigenvalue weighted by atomic mass is 9.96. The van der Waals surface area contributed by atoms with E-state index in [2.05, 4.69) is 10.6 Å². The van der Waals surface area contributed by atoms with Crippen molar-refractivity contribution in [3.63, 3.8) is 0 Å². The van der Waals surface area contributed by atoms with E-state index < -0.39 is 24.1 Å². The molecule has 0 aromatic rings. The predicted molar refractivity (Wildman–Crippen MR) is 157 cm³/mol. The largest absolute Gasteiger partial charge is 0.458 e. The molecule has 1 aliphatic heterocycles. The normalized spacial score (nSPS) is 18.9. The smallest absolute Gasteiger partial charge is 0.404 e. The minimum absolute atomic E-state index is 0.0397. The van der Waals surface area contributed by atoms with Crippen LogP contribution in [0.15, 0.2) is 71.0 Å². The quantitative estimate of drug-likeness (QED) is 0.150. The minimum atomic E-state index is -0.895. The Bertz CT molecular complexity index is 1080. The summed E-state index contributed by atoms with van der Waals surface area (Å²) in [6.07, 6.45) is 15.0. The highest BCUT2D eigenvalue weighted by atomic mass is 35.5. The summed E-state index contributed by atoms with van der Waals surface area (Å²) in [6, 6.07) is -0.761. The molecule has 4 atom stereocenters. The second-order valence-electron chi connectivity index (χ2n) is 10.0. The zero-order valence-corrected chi connectivity index (χ0v) is 24.9. The molecule has 4 N–H and O–H groups in total. The van der Waals surface area contributed by atoms with Gasteiger partial charge in [0.05, 0.1) is 0 Å². The Hall–Kier alpha value is -3.59. The first-order chi connectivity index (χ1) is 18.8. The van der Waals surface area contributed by atoms with E-state index in [-0.39, 0.29) is 29.8 Å². The Kier molecular flexibility index (Phi) is 15.4. The Morgan fingerprint density at radius 2 is 1.85 bits per heavy atom. The van der Waals surface area contributed by atoms with Crippen molar-refractivity contribution in [3.8, 4) is 0 Å². The Labute approximate surface area is 242 Å². The van der Waals surface area contributed by atoms with Gasteiger partial charge in [-0.05, 0) is 32.9 Å². The third-order valence-electron chi connectivity index (χ3n) is 6.00. The first-order valence-electron chi connectivity index (χ1n) is 13.2. The molecule has 1 heterocycles. The third kappa shape index (κ3) is 14.0. The number of halogens is 1. The number of esters is 1. The number of carbonyl (C=O) groups excluding carboxylic acids is 4. The molecule has 4 unspecified atom stereocenters. The predicted octanol–water partition coefficient (Wildman–Crippen LogP) is 5.10. The van der Waals surface area contributed by atoms with Crippen LogP contribution in [-0.4, -0.2) is 42.1 Å². The van der Waals surface area contributed by atoms with E-state index >= 15 is 0 Å². The molecule has 40 heavy (non-hydrogen) atoms. The van der Waals surface area contributed by atoms with Gasteiger partial charge in [-0.2, -0.15) is 0 Å². The molecule has 0 spiro atoms. The standard InChI is InChI=1S/C30H42ClN3O6/c1-19(2)27(28(36)33-17-9-11-24(39-30(32)38)15-14-23(6)31)34-26(35)12-8-7-10-20(3)18-22(5)25-16-13-21(4)29(37)40-25/h7-10,12-14,17-19,22,24-25,27H,11,15-16H2,1-6H3,(H2,32,38)(H,33,36)(H,34,35)/b10-7+,12-8-,17-9-,20-18+,23-14+. The van der Waals surface area contributed by atoms with E-state index in [0.717, 1.165) is 5.57 Å². The van der Waals surface area contributed by atoms with Crippen molar-refractivity contribution in [2.75, 3.05) is 0 Å². The number of rotatable bonds is 14. The average Bonchev–Trinajstić information content (AvgIpc) is 2.86. The van der Waals surface area contributed by atoms with Gasteiger partial charge in [-0.25, -0.2) is 9.59 Å². The highest BCUT2D eigenvalue weighted by Crippen LogP contribution is 2.22. The molecule has 1 aliphatic rings. The molecule has 0 bridgehead atoms. The summed E-state index contributed by atoms with van der Waals surface area (Å²) in [4.78, 5) is 47.9. The second-order valence-corrected chi connectivity index (χ2v) is 10.6. The maximum absolute atomic E-state index is 12.7. The molecule has 0 aliphatic carbocycles. The molecule has 3 amide bonds. The summed E-state index contributed by atoms with van der Waals surface area (Å²) in [6.45, 7) is 11.0. The van der Waals surface area contributed by atoms with Crippen molar-refractivity contribution in [2.45, 2.75) is 79.1 Å². The van der Waals surface area contributed by atoms with Gasteiger partial charge in [0.15, 0.2) is 0 Å². The molecular formula is C30H42ClN3O6. The molecule has 9 nitrogen and oxygen atoms in total. The number of ether oxygens (including phenoxy) is 2. The van der Waals surface area contributed by atoms with Crippen molar-refractivity contribution in [3.05, 3.63) is 71.0 Å². The first kappa shape index (κ1) is 34.4. The molecule has 0 fully saturated rings. The van der Waals surface area contributed by atoms with Crippen molar-refractivity contribution >= 4 is 35.5 Å². The summed E-state index contributed by atoms with van der Waals surface area (Å²) < 4.78 is 10.5. The van der Waals surface area contributed by atoms with Crippen LogP contribution in [0.5, 0.6) is 0 Å². The SMILES string of the molecule is CC1=CCC(C(C)/C=C(C)/C=C/C=C\C(=O)NC(C(=O)N/C=C\CC(C/C=C(\C)Cl)OC(N)=O)C(C)C)OC1=O. The summed E-state index contributed by atoms with van der Waals surface area (Å²) >= 11 is 5.83. The number of carbonyl (C=O) groups is 4. The van der Waals surface area contributed by atoms with E-state index in [4.69, 9.17) is 26.8 Å². The van der Waals surface area contributed by atoms with Crippen molar-refractivity contribution in [1.82, 2.24) is 10.6 Å². The third-order valence-corrected chi connectivity index (χ3v) is 6.16. The van der Waals surface area contributed by atoms with Gasteiger partial charge in [0.2, 0.25) is 11.8 Å². The first-order valence-corrected chi connectivity index (χ1v) is 13.6. The van der Waals surface area contributed by atoms with Crippen LogP contribution >= 0.6 is 11.6 Å². The number of nitrogens with two attached hydrogens (primary N) is 1. The van der Waals surface area contributed by atoms with E-state index in [1.807, 2.05) is 45.9 Å². The van der Waals surface area contributed by atoms with Crippen LogP contribution in [-0.2, 0) is 23.9 Å². The number of primary amides is 1. The molecule has 0 aromatic heterocycles. The van der Waals surface area contributed by atoms with Crippen molar-refractivity contribution in [2.24, 2.45) is 17.6 Å². The van der Waals surface area contributed by atoms with Crippen LogP contribution in [0.25, 0.3) is 0 Å². The fourth-order valence-corrected chi connectivity index (χ4v) is 3.83. The zero-order valence-electron chi connectivity index (χ0n) is 24.1. The topological polar surface area (TPSA) is 137 Å². The van der Waals surface area contributed by atoms with Crippen molar-refractivity contribution < 1.29 is 28.7 Å². The van der Waals surface area contributed by atoms with Gasteiger partial charge < -0.3 is 25.8 Å². The number of amides is 3. The lowest BCUT2D eigenvalue weighted by Crippen LogP contribution is -2.48.